The molecule has 0 aliphatic heterocycles. The fourth-order valence-electron chi connectivity index (χ4n) is 2.71. The van der Waals surface area contributed by atoms with Crippen molar-refractivity contribution in [2.24, 2.45) is 0 Å². The molecule has 25 heavy (non-hydrogen) atoms. The summed E-state index contributed by atoms with van der Waals surface area (Å²) in [6, 6.07) is 14.2. The maximum absolute atomic E-state index is 11.9. The van der Waals surface area contributed by atoms with E-state index in [1.807, 2.05) is 28.8 Å². The first-order valence-corrected chi connectivity index (χ1v) is 8.27. The fraction of sp³-hybridized carbons (Fsp3) is 0.263. The summed E-state index contributed by atoms with van der Waals surface area (Å²) in [5, 5.41) is 22.0. The zero-order valence-electron chi connectivity index (χ0n) is 13.8. The minimum Gasteiger partial charge on any atom is -0.508 e. The van der Waals surface area contributed by atoms with E-state index in [4.69, 9.17) is 0 Å². The van der Waals surface area contributed by atoms with Crippen LogP contribution in [0.4, 0.5) is 0 Å². The van der Waals surface area contributed by atoms with Crippen LogP contribution in [0.1, 0.15) is 24.5 Å². The molecular formula is C19H21N3O3. The van der Waals surface area contributed by atoms with E-state index in [0.29, 0.717) is 24.9 Å². The number of phenolic OH excluding ortho intramolecular Hbond substituents is 1. The molecule has 0 bridgehead atoms. The Morgan fingerprint density at radius 2 is 1.92 bits per heavy atom. The summed E-state index contributed by atoms with van der Waals surface area (Å²) >= 11 is 0. The largest absolute Gasteiger partial charge is 0.508 e. The molecule has 0 fully saturated rings. The highest BCUT2D eigenvalue weighted by molar-refractivity contribution is 5.76. The van der Waals surface area contributed by atoms with Gasteiger partial charge in [-0.05, 0) is 36.2 Å². The molecule has 3 N–H and O–H groups in total. The standard InChI is InChI=1S/C19H21N3O3/c23-15-9-7-14(8-10-15)18(24)12-20-19(25)6-3-11-22-13-21-16-4-1-2-5-17(16)22/h1-2,4-5,7-10,13,18,23-24H,3,6,11-12H2,(H,20,25). The van der Waals surface area contributed by atoms with E-state index in [1.165, 1.54) is 12.1 Å². The first kappa shape index (κ1) is 17.0. The molecule has 1 heterocycles. The monoisotopic (exact) mass is 339 g/mol. The van der Waals surface area contributed by atoms with Crippen LogP contribution in [0.2, 0.25) is 0 Å². The van der Waals surface area contributed by atoms with Crippen molar-refractivity contribution in [3.05, 3.63) is 60.4 Å². The lowest BCUT2D eigenvalue weighted by Crippen LogP contribution is -2.28. The molecule has 0 spiro atoms. The first-order chi connectivity index (χ1) is 12.1. The van der Waals surface area contributed by atoms with Gasteiger partial charge in [-0.3, -0.25) is 4.79 Å². The Morgan fingerprint density at radius 1 is 1.16 bits per heavy atom. The van der Waals surface area contributed by atoms with Crippen LogP contribution in [0, 0.1) is 0 Å². The van der Waals surface area contributed by atoms with Gasteiger partial charge in [-0.1, -0.05) is 24.3 Å². The summed E-state index contributed by atoms with van der Waals surface area (Å²) in [4.78, 5) is 16.3. The third-order valence-corrected chi connectivity index (χ3v) is 4.10. The summed E-state index contributed by atoms with van der Waals surface area (Å²) in [5.41, 5.74) is 2.66. The number of hydrogen-bond donors (Lipinski definition) is 3. The van der Waals surface area contributed by atoms with E-state index >= 15 is 0 Å². The molecule has 0 radical (unpaired) electrons. The number of imidazole rings is 1. The lowest BCUT2D eigenvalue weighted by atomic mass is 10.1. The quantitative estimate of drug-likeness (QED) is 0.617. The Hall–Kier alpha value is -2.86. The van der Waals surface area contributed by atoms with Crippen LogP contribution in [-0.4, -0.2) is 32.2 Å². The number of fused-ring (bicyclic) bond motifs is 1. The topological polar surface area (TPSA) is 87.4 Å². The van der Waals surface area contributed by atoms with Crippen molar-refractivity contribution in [2.75, 3.05) is 6.54 Å². The predicted octanol–water partition coefficient (Wildman–Crippen LogP) is 2.37. The summed E-state index contributed by atoms with van der Waals surface area (Å²) < 4.78 is 2.04. The molecule has 130 valence electrons. The van der Waals surface area contributed by atoms with Gasteiger partial charge in [-0.15, -0.1) is 0 Å². The molecule has 6 heteroatoms. The number of aliphatic hydroxyl groups excluding tert-OH is 1. The smallest absolute Gasteiger partial charge is 0.220 e. The molecule has 3 rings (SSSR count). The molecule has 1 aromatic heterocycles. The molecule has 1 atom stereocenters. The van der Waals surface area contributed by atoms with Gasteiger partial charge in [-0.2, -0.15) is 0 Å². The average Bonchev–Trinajstić information content (AvgIpc) is 3.04. The number of aliphatic hydroxyl groups is 1. The van der Waals surface area contributed by atoms with Gasteiger partial charge >= 0.3 is 0 Å². The van der Waals surface area contributed by atoms with Crippen LogP contribution >= 0.6 is 0 Å². The number of aryl methyl sites for hydroxylation is 1. The highest BCUT2D eigenvalue weighted by atomic mass is 16.3. The van der Waals surface area contributed by atoms with E-state index < -0.39 is 6.10 Å². The summed E-state index contributed by atoms with van der Waals surface area (Å²) in [7, 11) is 0. The van der Waals surface area contributed by atoms with Crippen molar-refractivity contribution in [1.29, 1.82) is 0 Å². The SMILES string of the molecule is O=C(CCCn1cnc2ccccc21)NCC(O)c1ccc(O)cc1. The van der Waals surface area contributed by atoms with E-state index in [9.17, 15) is 15.0 Å². The Balaban J connectivity index is 1.43. The van der Waals surface area contributed by atoms with Gasteiger partial charge < -0.3 is 20.1 Å². The predicted molar refractivity (Wildman–Crippen MR) is 95.0 cm³/mol. The van der Waals surface area contributed by atoms with Crippen LogP contribution in [0.25, 0.3) is 11.0 Å². The highest BCUT2D eigenvalue weighted by Gasteiger charge is 2.10. The molecule has 0 aliphatic rings. The summed E-state index contributed by atoms with van der Waals surface area (Å²) in [5.74, 6) is 0.0502. The Morgan fingerprint density at radius 3 is 2.72 bits per heavy atom. The molecule has 1 unspecified atom stereocenters. The van der Waals surface area contributed by atoms with Crippen LogP contribution in [0.15, 0.2) is 54.9 Å². The van der Waals surface area contributed by atoms with Crippen LogP contribution in [-0.2, 0) is 11.3 Å². The van der Waals surface area contributed by atoms with Crippen molar-refractivity contribution < 1.29 is 15.0 Å². The van der Waals surface area contributed by atoms with Crippen molar-refractivity contribution in [3.63, 3.8) is 0 Å². The summed E-state index contributed by atoms with van der Waals surface area (Å²) in [6.07, 6.45) is 2.08. The van der Waals surface area contributed by atoms with Gasteiger partial charge in [0.1, 0.15) is 5.75 Å². The van der Waals surface area contributed by atoms with Crippen LogP contribution in [0.3, 0.4) is 0 Å². The molecule has 3 aromatic rings. The molecule has 0 aliphatic carbocycles. The number of phenols is 1. The molecular weight excluding hydrogens is 318 g/mol. The molecule has 0 saturated heterocycles. The zero-order chi connectivity index (χ0) is 17.6. The number of carbonyl (C=O) groups excluding carboxylic acids is 1. The number of para-hydroxylation sites is 2. The Kier molecular flexibility index (Phi) is 5.30. The number of benzene rings is 2. The minimum atomic E-state index is -0.790. The third kappa shape index (κ3) is 4.36. The second-order valence-corrected chi connectivity index (χ2v) is 5.94. The second kappa shape index (κ2) is 7.81. The van der Waals surface area contributed by atoms with Gasteiger partial charge in [0.05, 0.1) is 23.5 Å². The van der Waals surface area contributed by atoms with Crippen molar-refractivity contribution >= 4 is 16.9 Å². The Labute approximate surface area is 145 Å². The number of nitrogens with zero attached hydrogens (tertiary/aromatic N) is 2. The number of rotatable bonds is 7. The maximum atomic E-state index is 11.9. The van der Waals surface area contributed by atoms with Gasteiger partial charge in [0, 0.05) is 19.5 Å². The highest BCUT2D eigenvalue weighted by Crippen LogP contribution is 2.16. The number of amides is 1. The third-order valence-electron chi connectivity index (χ3n) is 4.10. The van der Waals surface area contributed by atoms with E-state index in [-0.39, 0.29) is 18.2 Å². The minimum absolute atomic E-state index is 0.0951. The summed E-state index contributed by atoms with van der Waals surface area (Å²) in [6.45, 7) is 0.867. The number of nitrogens with one attached hydrogen (secondary N) is 1. The fourth-order valence-corrected chi connectivity index (χ4v) is 2.71. The number of carbonyl (C=O) groups is 1. The molecule has 2 aromatic carbocycles. The molecule has 0 saturated carbocycles. The van der Waals surface area contributed by atoms with E-state index in [2.05, 4.69) is 10.3 Å². The number of aromatic nitrogens is 2. The lowest BCUT2D eigenvalue weighted by molar-refractivity contribution is -0.121. The molecule has 6 nitrogen and oxygen atoms in total. The van der Waals surface area contributed by atoms with Gasteiger partial charge in [0.25, 0.3) is 0 Å². The zero-order valence-corrected chi connectivity index (χ0v) is 13.8. The maximum Gasteiger partial charge on any atom is 0.220 e. The Bertz CT molecular complexity index is 843. The van der Waals surface area contributed by atoms with Crippen molar-refractivity contribution in [3.8, 4) is 5.75 Å². The first-order valence-electron chi connectivity index (χ1n) is 8.27. The van der Waals surface area contributed by atoms with Crippen molar-refractivity contribution in [2.45, 2.75) is 25.5 Å². The van der Waals surface area contributed by atoms with Gasteiger partial charge in [0.2, 0.25) is 5.91 Å². The average molecular weight is 339 g/mol. The normalized spacial score (nSPS) is 12.2. The van der Waals surface area contributed by atoms with Crippen LogP contribution in [0.5, 0.6) is 5.75 Å². The van der Waals surface area contributed by atoms with Crippen molar-refractivity contribution in [1.82, 2.24) is 14.9 Å². The number of aromatic hydroxyl groups is 1. The van der Waals surface area contributed by atoms with Gasteiger partial charge in [0.15, 0.2) is 0 Å². The number of hydrogen-bond acceptors (Lipinski definition) is 4. The van der Waals surface area contributed by atoms with Crippen LogP contribution < -0.4 is 5.32 Å². The molecule has 1 amide bonds. The van der Waals surface area contributed by atoms with Gasteiger partial charge in [-0.25, -0.2) is 4.98 Å². The lowest BCUT2D eigenvalue weighted by Gasteiger charge is -2.12. The second-order valence-electron chi connectivity index (χ2n) is 5.94. The van der Waals surface area contributed by atoms with E-state index in [1.54, 1.807) is 18.5 Å². The van der Waals surface area contributed by atoms with E-state index in [0.717, 1.165) is 11.0 Å².